The van der Waals surface area contributed by atoms with Gasteiger partial charge in [-0.1, -0.05) is 33.1 Å². The minimum absolute atomic E-state index is 0.0732. The van der Waals surface area contributed by atoms with E-state index in [2.05, 4.69) is 28.7 Å². The highest BCUT2D eigenvalue weighted by atomic mass is 16.4. The number of nitrogens with one attached hydrogen (secondary N) is 1. The fourth-order valence-corrected chi connectivity index (χ4v) is 3.03. The molecule has 0 unspecified atom stereocenters. The zero-order chi connectivity index (χ0) is 20.2. The lowest BCUT2D eigenvalue weighted by molar-refractivity contribution is -0.134. The van der Waals surface area contributed by atoms with Gasteiger partial charge in [-0.15, -0.1) is 0 Å². The summed E-state index contributed by atoms with van der Waals surface area (Å²) in [6.07, 6.45) is 9.00. The van der Waals surface area contributed by atoms with E-state index < -0.39 is 11.9 Å². The van der Waals surface area contributed by atoms with Gasteiger partial charge in [0.1, 0.15) is 5.82 Å². The van der Waals surface area contributed by atoms with Crippen LogP contribution in [0, 0.1) is 0 Å². The van der Waals surface area contributed by atoms with Crippen molar-refractivity contribution in [1.82, 2.24) is 14.9 Å². The molecule has 0 amide bonds. The molecule has 0 aromatic carbocycles. The summed E-state index contributed by atoms with van der Waals surface area (Å²) in [5.74, 6) is -1.31. The monoisotopic (exact) mass is 379 g/mol. The quantitative estimate of drug-likeness (QED) is 0.621. The molecule has 0 spiro atoms. The average molecular weight is 379 g/mol. The van der Waals surface area contributed by atoms with Crippen LogP contribution < -0.4 is 5.56 Å². The molecule has 3 N–H and O–H groups in total. The molecule has 1 aliphatic carbocycles. The number of hydrogen-bond donors (Lipinski definition) is 3. The lowest BCUT2D eigenvalue weighted by atomic mass is 9.85. The molecule has 2 rings (SSSR count). The molecule has 1 aliphatic rings. The van der Waals surface area contributed by atoms with E-state index in [1.165, 1.54) is 19.3 Å². The first-order valence-corrected chi connectivity index (χ1v) is 9.31. The van der Waals surface area contributed by atoms with Crippen molar-refractivity contribution in [3.8, 4) is 0 Å². The molecule has 27 heavy (non-hydrogen) atoms. The third-order valence-electron chi connectivity index (χ3n) is 4.56. The van der Waals surface area contributed by atoms with Gasteiger partial charge in [0, 0.05) is 23.9 Å². The minimum atomic E-state index is -1.26. The third-order valence-corrected chi connectivity index (χ3v) is 4.56. The van der Waals surface area contributed by atoms with Crippen LogP contribution in [0.15, 0.2) is 23.1 Å². The van der Waals surface area contributed by atoms with E-state index in [1.807, 2.05) is 6.20 Å². The number of nitrogens with zero attached hydrogens (tertiary/aromatic N) is 2. The summed E-state index contributed by atoms with van der Waals surface area (Å²) in [6.45, 7) is 6.93. The topological polar surface area (TPSA) is 124 Å². The number of H-pyrrole nitrogens is 1. The number of carboxylic acid groups (broad SMARTS) is 2. The number of aliphatic carboxylic acids is 2. The minimum Gasteiger partial charge on any atom is -0.478 e. The van der Waals surface area contributed by atoms with Crippen LogP contribution in [0.3, 0.4) is 0 Å². The summed E-state index contributed by atoms with van der Waals surface area (Å²) < 4.78 is 0. The van der Waals surface area contributed by atoms with Crippen LogP contribution in [0.4, 0.5) is 0 Å². The highest BCUT2D eigenvalue weighted by Gasteiger charge is 2.19. The summed E-state index contributed by atoms with van der Waals surface area (Å²) in [6, 6.07) is 0. The second-order valence-corrected chi connectivity index (χ2v) is 6.42. The van der Waals surface area contributed by atoms with Gasteiger partial charge in [-0.2, -0.15) is 0 Å². The molecule has 0 atom stereocenters. The van der Waals surface area contributed by atoms with E-state index in [9.17, 15) is 14.4 Å². The Hall–Kier alpha value is -2.48. The van der Waals surface area contributed by atoms with Gasteiger partial charge >= 0.3 is 11.9 Å². The standard InChI is InChI=1S/C15H25N3O.C4H4O4/c1-3-18(4-2)11-14-16-10-13(15(19)17-14)12-8-6-5-7-9-12;5-3(6)1-2-4(7)8/h10,12H,3-9,11H2,1-2H3,(H,16,17,19);1-2H,(H,5,6)(H,7,8)/b;2-1-. The summed E-state index contributed by atoms with van der Waals surface area (Å²) in [4.78, 5) is 41.0. The molecule has 8 nitrogen and oxygen atoms in total. The molecule has 0 aliphatic heterocycles. The summed E-state index contributed by atoms with van der Waals surface area (Å²) in [5.41, 5.74) is 0.965. The second kappa shape index (κ2) is 12.0. The lowest BCUT2D eigenvalue weighted by Gasteiger charge is -2.21. The number of hydrogen-bond acceptors (Lipinski definition) is 5. The largest absolute Gasteiger partial charge is 0.478 e. The number of rotatable bonds is 7. The predicted molar refractivity (Wildman–Crippen MR) is 102 cm³/mol. The van der Waals surface area contributed by atoms with Crippen LogP contribution in [0.1, 0.15) is 63.3 Å². The summed E-state index contributed by atoms with van der Waals surface area (Å²) in [5, 5.41) is 15.6. The first-order chi connectivity index (χ1) is 12.9. The van der Waals surface area contributed by atoms with E-state index >= 15 is 0 Å². The van der Waals surface area contributed by atoms with E-state index in [4.69, 9.17) is 10.2 Å². The smallest absolute Gasteiger partial charge is 0.328 e. The number of carbonyl (C=O) groups is 2. The van der Waals surface area contributed by atoms with Crippen molar-refractivity contribution in [2.45, 2.75) is 58.4 Å². The van der Waals surface area contributed by atoms with Gasteiger partial charge in [0.15, 0.2) is 0 Å². The van der Waals surface area contributed by atoms with E-state index in [1.54, 1.807) is 0 Å². The first-order valence-electron chi connectivity index (χ1n) is 9.31. The van der Waals surface area contributed by atoms with Crippen molar-refractivity contribution in [2.75, 3.05) is 13.1 Å². The Morgan fingerprint density at radius 3 is 2.15 bits per heavy atom. The van der Waals surface area contributed by atoms with Gasteiger partial charge in [0.05, 0.1) is 6.54 Å². The van der Waals surface area contributed by atoms with E-state index in [0.29, 0.717) is 18.1 Å². The fourth-order valence-electron chi connectivity index (χ4n) is 3.03. The van der Waals surface area contributed by atoms with Crippen molar-refractivity contribution in [1.29, 1.82) is 0 Å². The Balaban J connectivity index is 0.000000387. The normalized spacial score (nSPS) is 14.8. The maximum Gasteiger partial charge on any atom is 0.328 e. The van der Waals surface area contributed by atoms with Crippen LogP contribution in [0.5, 0.6) is 0 Å². The Kier molecular flexibility index (Phi) is 10.0. The fraction of sp³-hybridized carbons (Fsp3) is 0.579. The van der Waals surface area contributed by atoms with Gasteiger partial charge < -0.3 is 15.2 Å². The molecule has 8 heteroatoms. The molecule has 0 saturated heterocycles. The van der Waals surface area contributed by atoms with E-state index in [-0.39, 0.29) is 5.56 Å². The van der Waals surface area contributed by atoms with Crippen LogP contribution in [-0.4, -0.2) is 50.1 Å². The SMILES string of the molecule is CCN(CC)Cc1ncc(C2CCCCC2)c(=O)[nH]1.O=C(O)/C=C\C(=O)O. The number of aromatic amines is 1. The maximum atomic E-state index is 12.2. The van der Waals surface area contributed by atoms with Crippen molar-refractivity contribution >= 4 is 11.9 Å². The summed E-state index contributed by atoms with van der Waals surface area (Å²) in [7, 11) is 0. The Labute approximate surface area is 158 Å². The van der Waals surface area contributed by atoms with Crippen LogP contribution in [0.25, 0.3) is 0 Å². The van der Waals surface area contributed by atoms with Crippen molar-refractivity contribution < 1.29 is 19.8 Å². The molecule has 1 aromatic rings. The molecule has 150 valence electrons. The van der Waals surface area contributed by atoms with Crippen molar-refractivity contribution in [3.05, 3.63) is 40.1 Å². The highest BCUT2D eigenvalue weighted by Crippen LogP contribution is 2.30. The zero-order valence-corrected chi connectivity index (χ0v) is 16.0. The molecule has 0 radical (unpaired) electrons. The van der Waals surface area contributed by atoms with Gasteiger partial charge in [0.25, 0.3) is 5.56 Å². The number of carboxylic acids is 2. The Morgan fingerprint density at radius 1 is 1.15 bits per heavy atom. The lowest BCUT2D eigenvalue weighted by Crippen LogP contribution is -2.27. The second-order valence-electron chi connectivity index (χ2n) is 6.42. The molecule has 0 bridgehead atoms. The molecule has 1 saturated carbocycles. The van der Waals surface area contributed by atoms with Gasteiger partial charge in [-0.3, -0.25) is 9.69 Å². The maximum absolute atomic E-state index is 12.2. The molecule has 1 heterocycles. The zero-order valence-electron chi connectivity index (χ0n) is 16.0. The molecule has 1 fully saturated rings. The molecule has 1 aromatic heterocycles. The van der Waals surface area contributed by atoms with Gasteiger partial charge in [-0.05, 0) is 31.8 Å². The predicted octanol–water partition coefficient (Wildman–Crippen LogP) is 2.37. The van der Waals surface area contributed by atoms with Crippen LogP contribution >= 0.6 is 0 Å². The van der Waals surface area contributed by atoms with Crippen molar-refractivity contribution in [2.24, 2.45) is 0 Å². The molecular formula is C19H29N3O5. The van der Waals surface area contributed by atoms with Crippen molar-refractivity contribution in [3.63, 3.8) is 0 Å². The first kappa shape index (κ1) is 22.6. The van der Waals surface area contributed by atoms with E-state index in [0.717, 1.165) is 43.9 Å². The number of aromatic nitrogens is 2. The third kappa shape index (κ3) is 8.63. The Bertz CT molecular complexity index is 673. The van der Waals surface area contributed by atoms with Gasteiger partial charge in [0.2, 0.25) is 0 Å². The summed E-state index contributed by atoms with van der Waals surface area (Å²) >= 11 is 0. The highest BCUT2D eigenvalue weighted by molar-refractivity contribution is 5.89. The van der Waals surface area contributed by atoms with Crippen LogP contribution in [-0.2, 0) is 16.1 Å². The molecular weight excluding hydrogens is 350 g/mol. The Morgan fingerprint density at radius 2 is 1.70 bits per heavy atom. The van der Waals surface area contributed by atoms with Gasteiger partial charge in [-0.25, -0.2) is 14.6 Å². The van der Waals surface area contributed by atoms with Crippen LogP contribution in [0.2, 0.25) is 0 Å². The average Bonchev–Trinajstić information content (AvgIpc) is 2.65.